The summed E-state index contributed by atoms with van der Waals surface area (Å²) in [6.45, 7) is 1.79. The fourth-order valence-corrected chi connectivity index (χ4v) is 3.23. The second kappa shape index (κ2) is 13.0. The van der Waals surface area contributed by atoms with Crippen LogP contribution >= 0.6 is 0 Å². The number of amides is 3. The van der Waals surface area contributed by atoms with Crippen LogP contribution in [0.5, 0.6) is 0 Å². The Bertz CT molecular complexity index is 940. The Balaban J connectivity index is 1.88. The lowest BCUT2D eigenvalue weighted by Crippen LogP contribution is -2.42. The van der Waals surface area contributed by atoms with E-state index in [0.29, 0.717) is 22.8 Å². The van der Waals surface area contributed by atoms with Crippen LogP contribution in [0.25, 0.3) is 11.3 Å². The van der Waals surface area contributed by atoms with Gasteiger partial charge in [-0.1, -0.05) is 44.7 Å². The Hall–Kier alpha value is -3.66. The monoisotopic (exact) mass is 459 g/mol. The maximum absolute atomic E-state index is 12.5. The molecule has 4 N–H and O–H groups in total. The summed E-state index contributed by atoms with van der Waals surface area (Å²) in [4.78, 5) is 46.4. The molecule has 0 spiro atoms. The van der Waals surface area contributed by atoms with Crippen LogP contribution in [0.15, 0.2) is 40.8 Å². The van der Waals surface area contributed by atoms with Gasteiger partial charge in [-0.05, 0) is 30.7 Å². The molecule has 1 heterocycles. The molecule has 0 fully saturated rings. The number of carbonyl (C=O) groups excluding carboxylic acids is 3. The molecule has 1 atom stereocenters. The van der Waals surface area contributed by atoms with Gasteiger partial charge in [-0.3, -0.25) is 19.6 Å². The van der Waals surface area contributed by atoms with Crippen LogP contribution in [0.1, 0.15) is 59.9 Å². The van der Waals surface area contributed by atoms with Crippen molar-refractivity contribution < 1.29 is 33.9 Å². The van der Waals surface area contributed by atoms with Gasteiger partial charge in [0.2, 0.25) is 12.3 Å². The first kappa shape index (κ1) is 25.6. The number of hydrogen-bond donors (Lipinski definition) is 4. The van der Waals surface area contributed by atoms with E-state index in [-0.39, 0.29) is 36.9 Å². The molecule has 0 unspecified atom stereocenters. The van der Waals surface area contributed by atoms with Crippen LogP contribution < -0.4 is 10.6 Å². The molecule has 0 saturated heterocycles. The van der Waals surface area contributed by atoms with Crippen LogP contribution in [0.2, 0.25) is 0 Å². The van der Waals surface area contributed by atoms with E-state index in [1.54, 1.807) is 18.2 Å². The molecule has 1 aromatic carbocycles. The maximum Gasteiger partial charge on any atom is 0.335 e. The fourth-order valence-electron chi connectivity index (χ4n) is 3.23. The third kappa shape index (κ3) is 8.08. The largest absolute Gasteiger partial charge is 0.478 e. The van der Waals surface area contributed by atoms with Crippen molar-refractivity contribution in [1.82, 2.24) is 15.7 Å². The lowest BCUT2D eigenvalue weighted by Gasteiger charge is -2.19. The summed E-state index contributed by atoms with van der Waals surface area (Å²) in [6.07, 6.45) is 4.57. The zero-order chi connectivity index (χ0) is 24.2. The number of unbranched alkanes of at least 4 members (excludes halogenated alkanes) is 3. The number of aromatic carboxylic acids is 1. The first-order chi connectivity index (χ1) is 15.8. The third-order valence-corrected chi connectivity index (χ3v) is 5.06. The summed E-state index contributed by atoms with van der Waals surface area (Å²) in [5, 5.41) is 24.0. The predicted molar refractivity (Wildman–Crippen MR) is 118 cm³/mol. The van der Waals surface area contributed by atoms with E-state index >= 15 is 0 Å². The van der Waals surface area contributed by atoms with Crippen molar-refractivity contribution in [2.24, 2.45) is 5.92 Å². The van der Waals surface area contributed by atoms with Crippen LogP contribution in [-0.2, 0) is 9.59 Å². The summed E-state index contributed by atoms with van der Waals surface area (Å²) in [7, 11) is 0. The Labute approximate surface area is 191 Å². The quantitative estimate of drug-likeness (QED) is 0.112. The number of rotatable bonds is 14. The van der Waals surface area contributed by atoms with Crippen molar-refractivity contribution in [3.8, 4) is 11.3 Å². The first-order valence-corrected chi connectivity index (χ1v) is 10.8. The van der Waals surface area contributed by atoms with Gasteiger partial charge in [0.1, 0.15) is 5.76 Å². The van der Waals surface area contributed by atoms with E-state index < -0.39 is 17.8 Å². The van der Waals surface area contributed by atoms with Gasteiger partial charge in [0.15, 0.2) is 5.76 Å². The second-order valence-corrected chi connectivity index (χ2v) is 7.54. The molecular weight excluding hydrogens is 430 g/mol. The van der Waals surface area contributed by atoms with Crippen molar-refractivity contribution in [3.05, 3.63) is 47.7 Å². The highest BCUT2D eigenvalue weighted by Crippen LogP contribution is 2.22. The summed E-state index contributed by atoms with van der Waals surface area (Å²) >= 11 is 0. The Kier molecular flexibility index (Phi) is 10.1. The lowest BCUT2D eigenvalue weighted by atomic mass is 9.99. The van der Waals surface area contributed by atoms with Crippen molar-refractivity contribution in [3.63, 3.8) is 0 Å². The molecule has 2 rings (SSSR count). The van der Waals surface area contributed by atoms with Gasteiger partial charge in [-0.2, -0.15) is 0 Å². The predicted octanol–water partition coefficient (Wildman–Crippen LogP) is 2.88. The minimum Gasteiger partial charge on any atom is -0.478 e. The Morgan fingerprint density at radius 2 is 1.79 bits per heavy atom. The number of carbonyl (C=O) groups is 4. The standard InChI is InChI=1S/C23H29N3O7/c1-2-3-4-5-6-18(13-26(32)15-27)21(28)24-14-25-22(29)20-12-11-19(33-20)16-7-9-17(10-8-16)23(30)31/h7-12,15,18,32H,2-6,13-14H2,1H3,(H,24,28)(H,25,29)(H,30,31)/t18-/m1/s1. The number of furan rings is 1. The maximum atomic E-state index is 12.5. The van der Waals surface area contributed by atoms with Crippen LogP contribution in [0.4, 0.5) is 0 Å². The summed E-state index contributed by atoms with van der Waals surface area (Å²) < 4.78 is 5.53. The molecule has 0 aliphatic heterocycles. The van der Waals surface area contributed by atoms with Gasteiger partial charge < -0.3 is 20.2 Å². The van der Waals surface area contributed by atoms with E-state index in [1.807, 2.05) is 0 Å². The molecule has 2 aromatic rings. The minimum absolute atomic E-state index is 0.0279. The number of carboxylic acids is 1. The normalized spacial score (nSPS) is 11.5. The van der Waals surface area contributed by atoms with Gasteiger partial charge >= 0.3 is 5.97 Å². The SMILES string of the molecule is CCCCCC[C@H](CN(O)C=O)C(=O)NCNC(=O)c1ccc(-c2ccc(C(=O)O)cc2)o1. The topological polar surface area (TPSA) is 149 Å². The van der Waals surface area contributed by atoms with Gasteiger partial charge in [0, 0.05) is 5.56 Å². The number of nitrogens with one attached hydrogen (secondary N) is 2. The molecule has 10 heteroatoms. The van der Waals surface area contributed by atoms with Crippen molar-refractivity contribution in [1.29, 1.82) is 0 Å². The second-order valence-electron chi connectivity index (χ2n) is 7.54. The fraction of sp³-hybridized carbons (Fsp3) is 0.391. The molecule has 0 radical (unpaired) electrons. The minimum atomic E-state index is -1.04. The summed E-state index contributed by atoms with van der Waals surface area (Å²) in [6, 6.07) is 9.09. The Morgan fingerprint density at radius 1 is 1.06 bits per heavy atom. The van der Waals surface area contributed by atoms with Gasteiger partial charge in [0.05, 0.1) is 24.7 Å². The van der Waals surface area contributed by atoms with E-state index in [9.17, 15) is 24.4 Å². The summed E-state index contributed by atoms with van der Waals surface area (Å²) in [5.74, 6) is -2.14. The van der Waals surface area contributed by atoms with Crippen LogP contribution in [0, 0.1) is 5.92 Å². The number of hydroxylamine groups is 2. The average Bonchev–Trinajstić information content (AvgIpc) is 3.31. The van der Waals surface area contributed by atoms with E-state index in [0.717, 1.165) is 25.7 Å². The molecule has 0 bridgehead atoms. The highest BCUT2D eigenvalue weighted by molar-refractivity contribution is 5.92. The zero-order valence-corrected chi connectivity index (χ0v) is 18.5. The summed E-state index contributed by atoms with van der Waals surface area (Å²) in [5.41, 5.74) is 0.752. The smallest absolute Gasteiger partial charge is 0.335 e. The molecule has 0 aliphatic carbocycles. The molecule has 1 aromatic heterocycles. The van der Waals surface area contributed by atoms with Crippen LogP contribution in [-0.4, -0.2) is 52.8 Å². The molecule has 0 saturated carbocycles. The molecule has 0 aliphatic rings. The molecular formula is C23H29N3O7. The average molecular weight is 459 g/mol. The Morgan fingerprint density at radius 3 is 2.42 bits per heavy atom. The molecule has 178 valence electrons. The lowest BCUT2D eigenvalue weighted by molar-refractivity contribution is -0.154. The highest BCUT2D eigenvalue weighted by atomic mass is 16.5. The zero-order valence-electron chi connectivity index (χ0n) is 18.5. The molecule has 33 heavy (non-hydrogen) atoms. The number of nitrogens with zero attached hydrogens (tertiary/aromatic N) is 1. The number of carboxylic acid groups (broad SMARTS) is 1. The third-order valence-electron chi connectivity index (χ3n) is 5.06. The van der Waals surface area contributed by atoms with Crippen molar-refractivity contribution in [2.75, 3.05) is 13.2 Å². The van der Waals surface area contributed by atoms with Gasteiger partial charge in [-0.15, -0.1) is 0 Å². The van der Waals surface area contributed by atoms with Gasteiger partial charge in [0.25, 0.3) is 5.91 Å². The number of hydrogen-bond acceptors (Lipinski definition) is 6. The first-order valence-electron chi connectivity index (χ1n) is 10.8. The molecule has 3 amide bonds. The van der Waals surface area contributed by atoms with Crippen molar-refractivity contribution in [2.45, 2.75) is 39.0 Å². The number of benzene rings is 1. The van der Waals surface area contributed by atoms with E-state index in [1.165, 1.54) is 18.2 Å². The van der Waals surface area contributed by atoms with Gasteiger partial charge in [-0.25, -0.2) is 9.86 Å². The van der Waals surface area contributed by atoms with E-state index in [2.05, 4.69) is 17.6 Å². The van der Waals surface area contributed by atoms with E-state index in [4.69, 9.17) is 9.52 Å². The van der Waals surface area contributed by atoms with Crippen molar-refractivity contribution >= 4 is 24.2 Å². The highest BCUT2D eigenvalue weighted by Gasteiger charge is 2.21. The molecule has 10 nitrogen and oxygen atoms in total. The van der Waals surface area contributed by atoms with Crippen LogP contribution in [0.3, 0.4) is 0 Å².